The fraction of sp³-hybridized carbons (Fsp3) is 0.500. The van der Waals surface area contributed by atoms with E-state index in [1.54, 1.807) is 19.1 Å². The van der Waals surface area contributed by atoms with Crippen LogP contribution in [0.2, 0.25) is 0 Å². The summed E-state index contributed by atoms with van der Waals surface area (Å²) in [5.74, 6) is -0.790. The highest BCUT2D eigenvalue weighted by Gasteiger charge is 2.37. The van der Waals surface area contributed by atoms with Gasteiger partial charge in [-0.3, -0.25) is 0 Å². The lowest BCUT2D eigenvalue weighted by Crippen LogP contribution is -2.45. The van der Waals surface area contributed by atoms with Crippen LogP contribution in [0.15, 0.2) is 24.3 Å². The molecule has 0 radical (unpaired) electrons. The van der Waals surface area contributed by atoms with Gasteiger partial charge in [0, 0.05) is 5.69 Å². The lowest BCUT2D eigenvalue weighted by Gasteiger charge is -2.35. The molecule has 1 aliphatic carbocycles. The summed E-state index contributed by atoms with van der Waals surface area (Å²) in [5.41, 5.74) is -0.516. The first kappa shape index (κ1) is 12.9. The van der Waals surface area contributed by atoms with E-state index in [9.17, 15) is 14.3 Å². The maximum Gasteiger partial charge on any atom is 0.329 e. The van der Waals surface area contributed by atoms with Crippen LogP contribution in [0, 0.1) is 11.7 Å². The molecular formula is C14H18FNO2. The Bertz CT molecular complexity index is 445. The van der Waals surface area contributed by atoms with Crippen LogP contribution in [-0.2, 0) is 4.79 Å². The topological polar surface area (TPSA) is 49.3 Å². The van der Waals surface area contributed by atoms with Crippen LogP contribution in [0.4, 0.5) is 10.1 Å². The maximum atomic E-state index is 13.1. The van der Waals surface area contributed by atoms with Gasteiger partial charge in [0.05, 0.1) is 0 Å². The summed E-state index contributed by atoms with van der Waals surface area (Å²) in [5, 5.41) is 12.3. The summed E-state index contributed by atoms with van der Waals surface area (Å²) in [7, 11) is 0. The van der Waals surface area contributed by atoms with Crippen LogP contribution in [0.5, 0.6) is 0 Å². The fourth-order valence-electron chi connectivity index (χ4n) is 2.35. The molecule has 4 heteroatoms. The molecule has 1 atom stereocenters. The predicted molar refractivity (Wildman–Crippen MR) is 68.0 cm³/mol. The van der Waals surface area contributed by atoms with E-state index in [4.69, 9.17) is 0 Å². The van der Waals surface area contributed by atoms with Gasteiger partial charge in [0.1, 0.15) is 11.4 Å². The van der Waals surface area contributed by atoms with E-state index in [0.717, 1.165) is 12.8 Å². The predicted octanol–water partition coefficient (Wildman–Crippen LogP) is 3.27. The number of aliphatic carboxylic acids is 1. The van der Waals surface area contributed by atoms with Crippen LogP contribution in [0.3, 0.4) is 0 Å². The van der Waals surface area contributed by atoms with Gasteiger partial charge in [-0.2, -0.15) is 0 Å². The third kappa shape index (κ3) is 2.81. The van der Waals surface area contributed by atoms with Crippen molar-refractivity contribution >= 4 is 11.7 Å². The lowest BCUT2D eigenvalue weighted by atomic mass is 9.76. The smallest absolute Gasteiger partial charge is 0.329 e. The molecule has 0 aromatic heterocycles. The average molecular weight is 251 g/mol. The van der Waals surface area contributed by atoms with Gasteiger partial charge in [0.2, 0.25) is 0 Å². The Kier molecular flexibility index (Phi) is 3.55. The Morgan fingerprint density at radius 1 is 1.56 bits per heavy atom. The van der Waals surface area contributed by atoms with Crippen LogP contribution in [0.25, 0.3) is 0 Å². The van der Waals surface area contributed by atoms with Gasteiger partial charge in [-0.15, -0.1) is 0 Å². The van der Waals surface area contributed by atoms with Gasteiger partial charge in [-0.1, -0.05) is 25.3 Å². The molecule has 0 amide bonds. The van der Waals surface area contributed by atoms with Gasteiger partial charge in [0.15, 0.2) is 0 Å². The molecule has 98 valence electrons. The number of hydrogen-bond donors (Lipinski definition) is 2. The molecule has 0 aliphatic heterocycles. The first-order valence-corrected chi connectivity index (χ1v) is 6.27. The first-order valence-electron chi connectivity index (χ1n) is 6.27. The van der Waals surface area contributed by atoms with Crippen LogP contribution >= 0.6 is 0 Å². The molecule has 2 rings (SSSR count). The average Bonchev–Trinajstić information content (AvgIpc) is 2.23. The molecule has 1 fully saturated rings. The number of carboxylic acid groups (broad SMARTS) is 1. The van der Waals surface area contributed by atoms with E-state index in [1.807, 2.05) is 0 Å². The summed E-state index contributed by atoms with van der Waals surface area (Å²) >= 11 is 0. The molecule has 1 aromatic carbocycles. The largest absolute Gasteiger partial charge is 0.480 e. The van der Waals surface area contributed by atoms with E-state index in [0.29, 0.717) is 18.0 Å². The second-order valence-electron chi connectivity index (χ2n) is 5.27. The number of rotatable bonds is 5. The highest BCUT2D eigenvalue weighted by atomic mass is 19.1. The summed E-state index contributed by atoms with van der Waals surface area (Å²) in [4.78, 5) is 11.4. The summed E-state index contributed by atoms with van der Waals surface area (Å²) in [6, 6.07) is 5.92. The summed E-state index contributed by atoms with van der Waals surface area (Å²) < 4.78 is 13.1. The SMILES string of the molecule is CC(CC1CCC1)(Nc1cccc(F)c1)C(=O)O. The minimum atomic E-state index is -1.03. The third-order valence-corrected chi connectivity index (χ3v) is 3.64. The van der Waals surface area contributed by atoms with E-state index in [-0.39, 0.29) is 5.82 Å². The molecule has 0 bridgehead atoms. The van der Waals surface area contributed by atoms with E-state index >= 15 is 0 Å². The Hall–Kier alpha value is -1.58. The van der Waals surface area contributed by atoms with Crippen LogP contribution in [0.1, 0.15) is 32.6 Å². The molecular weight excluding hydrogens is 233 g/mol. The highest BCUT2D eigenvalue weighted by molar-refractivity contribution is 5.82. The van der Waals surface area contributed by atoms with Crippen molar-refractivity contribution in [3.05, 3.63) is 30.1 Å². The molecule has 0 spiro atoms. The van der Waals surface area contributed by atoms with Crippen LogP contribution < -0.4 is 5.32 Å². The van der Waals surface area contributed by atoms with Gasteiger partial charge in [-0.25, -0.2) is 9.18 Å². The summed E-state index contributed by atoms with van der Waals surface area (Å²) in [6.45, 7) is 1.67. The third-order valence-electron chi connectivity index (χ3n) is 3.64. The van der Waals surface area contributed by atoms with Crippen molar-refractivity contribution in [2.24, 2.45) is 5.92 Å². The van der Waals surface area contributed by atoms with E-state index in [1.165, 1.54) is 18.6 Å². The second-order valence-corrected chi connectivity index (χ2v) is 5.27. The number of anilines is 1. The maximum absolute atomic E-state index is 13.1. The van der Waals surface area contributed by atoms with Crippen molar-refractivity contribution in [1.82, 2.24) is 0 Å². The lowest BCUT2D eigenvalue weighted by molar-refractivity contribution is -0.142. The fourth-order valence-corrected chi connectivity index (χ4v) is 2.35. The van der Waals surface area contributed by atoms with E-state index in [2.05, 4.69) is 5.32 Å². The molecule has 0 heterocycles. The molecule has 1 saturated carbocycles. The zero-order valence-corrected chi connectivity index (χ0v) is 10.4. The normalized spacial score (nSPS) is 18.8. The van der Waals surface area contributed by atoms with Gasteiger partial charge in [-0.05, 0) is 37.5 Å². The Morgan fingerprint density at radius 3 is 2.78 bits per heavy atom. The number of nitrogens with one attached hydrogen (secondary N) is 1. The number of carbonyl (C=O) groups is 1. The van der Waals surface area contributed by atoms with E-state index < -0.39 is 11.5 Å². The van der Waals surface area contributed by atoms with Crippen LogP contribution in [-0.4, -0.2) is 16.6 Å². The minimum Gasteiger partial charge on any atom is -0.480 e. The molecule has 3 nitrogen and oxygen atoms in total. The molecule has 18 heavy (non-hydrogen) atoms. The zero-order chi connectivity index (χ0) is 13.2. The molecule has 0 saturated heterocycles. The first-order chi connectivity index (χ1) is 8.49. The van der Waals surface area contributed by atoms with Gasteiger partial charge in [0.25, 0.3) is 0 Å². The molecule has 1 unspecified atom stereocenters. The van der Waals surface area contributed by atoms with Crippen molar-refractivity contribution in [2.75, 3.05) is 5.32 Å². The number of hydrogen-bond acceptors (Lipinski definition) is 2. The summed E-state index contributed by atoms with van der Waals surface area (Å²) in [6.07, 6.45) is 3.95. The Labute approximate surface area is 106 Å². The minimum absolute atomic E-state index is 0.364. The van der Waals surface area contributed by atoms with Crippen molar-refractivity contribution < 1.29 is 14.3 Å². The molecule has 1 aromatic rings. The van der Waals surface area contributed by atoms with Crippen molar-refractivity contribution in [3.8, 4) is 0 Å². The Morgan fingerprint density at radius 2 is 2.28 bits per heavy atom. The quantitative estimate of drug-likeness (QED) is 0.844. The number of halogens is 1. The number of benzene rings is 1. The Balaban J connectivity index is 2.11. The monoisotopic (exact) mass is 251 g/mol. The zero-order valence-electron chi connectivity index (χ0n) is 10.4. The number of carboxylic acids is 1. The van der Waals surface area contributed by atoms with Gasteiger partial charge >= 0.3 is 5.97 Å². The molecule has 2 N–H and O–H groups in total. The highest BCUT2D eigenvalue weighted by Crippen LogP contribution is 2.35. The standard InChI is InChI=1S/C14H18FNO2/c1-14(13(17)18,9-10-4-2-5-10)16-12-7-3-6-11(15)8-12/h3,6-8,10,16H,2,4-5,9H2,1H3,(H,17,18). The van der Waals surface area contributed by atoms with Crippen molar-refractivity contribution in [1.29, 1.82) is 0 Å². The second kappa shape index (κ2) is 4.96. The van der Waals surface area contributed by atoms with Gasteiger partial charge < -0.3 is 10.4 Å². The van der Waals surface area contributed by atoms with Crippen molar-refractivity contribution in [3.63, 3.8) is 0 Å². The molecule has 1 aliphatic rings. The van der Waals surface area contributed by atoms with Crippen molar-refractivity contribution in [2.45, 2.75) is 38.1 Å².